The van der Waals surface area contributed by atoms with Crippen molar-refractivity contribution >= 4 is 12.0 Å². The SMILES string of the molecule is CCOC(=O)c1coc(NCC2CC2C)n1. The minimum atomic E-state index is -0.445. The van der Waals surface area contributed by atoms with Gasteiger partial charge in [-0.25, -0.2) is 4.79 Å². The Morgan fingerprint density at radius 3 is 3.12 bits per heavy atom. The van der Waals surface area contributed by atoms with E-state index >= 15 is 0 Å². The first kappa shape index (κ1) is 11.0. The van der Waals surface area contributed by atoms with E-state index in [9.17, 15) is 4.79 Å². The van der Waals surface area contributed by atoms with Crippen molar-refractivity contribution in [2.45, 2.75) is 20.3 Å². The summed E-state index contributed by atoms with van der Waals surface area (Å²) in [5.74, 6) is 1.05. The van der Waals surface area contributed by atoms with Crippen LogP contribution >= 0.6 is 0 Å². The Balaban J connectivity index is 1.84. The summed E-state index contributed by atoms with van der Waals surface area (Å²) < 4.78 is 9.93. The number of aromatic nitrogens is 1. The van der Waals surface area contributed by atoms with Crippen LogP contribution in [0, 0.1) is 11.8 Å². The number of anilines is 1. The number of ether oxygens (including phenoxy) is 1. The molecule has 1 aliphatic rings. The number of hydrogen-bond donors (Lipinski definition) is 1. The molecule has 0 radical (unpaired) electrons. The van der Waals surface area contributed by atoms with Gasteiger partial charge in [-0.05, 0) is 25.2 Å². The number of esters is 1. The molecule has 5 heteroatoms. The molecule has 0 aliphatic heterocycles. The Kier molecular flexibility index (Phi) is 3.12. The zero-order valence-electron chi connectivity index (χ0n) is 9.53. The van der Waals surface area contributed by atoms with E-state index in [-0.39, 0.29) is 5.69 Å². The molecule has 1 N–H and O–H groups in total. The predicted octanol–water partition coefficient (Wildman–Crippen LogP) is 1.92. The minimum Gasteiger partial charge on any atom is -0.461 e. The smallest absolute Gasteiger partial charge is 0.360 e. The predicted molar refractivity (Wildman–Crippen MR) is 58.2 cm³/mol. The van der Waals surface area contributed by atoms with Crippen LogP contribution in [0.5, 0.6) is 0 Å². The van der Waals surface area contributed by atoms with Crippen LogP contribution in [-0.4, -0.2) is 24.1 Å². The highest BCUT2D eigenvalue weighted by molar-refractivity contribution is 5.87. The van der Waals surface area contributed by atoms with E-state index in [2.05, 4.69) is 17.2 Å². The standard InChI is InChI=1S/C11H16N2O3/c1-3-15-10(14)9-6-16-11(13-9)12-5-8-4-7(8)2/h6-8H,3-5H2,1-2H3,(H,12,13). The summed E-state index contributed by atoms with van der Waals surface area (Å²) in [6.07, 6.45) is 2.56. The highest BCUT2D eigenvalue weighted by atomic mass is 16.5. The van der Waals surface area contributed by atoms with Crippen molar-refractivity contribution in [2.75, 3.05) is 18.5 Å². The summed E-state index contributed by atoms with van der Waals surface area (Å²) in [5, 5.41) is 3.07. The fourth-order valence-electron chi connectivity index (χ4n) is 1.56. The molecule has 1 aromatic rings. The van der Waals surface area contributed by atoms with Crippen molar-refractivity contribution in [3.05, 3.63) is 12.0 Å². The van der Waals surface area contributed by atoms with Gasteiger partial charge in [-0.3, -0.25) is 0 Å². The first-order valence-electron chi connectivity index (χ1n) is 5.57. The van der Waals surface area contributed by atoms with Gasteiger partial charge in [0, 0.05) is 6.54 Å². The number of carbonyl (C=O) groups is 1. The molecule has 16 heavy (non-hydrogen) atoms. The van der Waals surface area contributed by atoms with Crippen molar-refractivity contribution in [3.63, 3.8) is 0 Å². The van der Waals surface area contributed by atoms with Crippen LogP contribution in [-0.2, 0) is 4.74 Å². The van der Waals surface area contributed by atoms with E-state index in [1.807, 2.05) is 0 Å². The Bertz CT molecular complexity index is 375. The van der Waals surface area contributed by atoms with Crippen LogP contribution in [0.15, 0.2) is 10.7 Å². The second-order valence-electron chi connectivity index (χ2n) is 4.11. The molecular formula is C11H16N2O3. The third-order valence-corrected chi connectivity index (χ3v) is 2.78. The van der Waals surface area contributed by atoms with Gasteiger partial charge in [0.25, 0.3) is 6.01 Å². The average molecular weight is 224 g/mol. The van der Waals surface area contributed by atoms with Crippen LogP contribution in [0.1, 0.15) is 30.8 Å². The summed E-state index contributed by atoms with van der Waals surface area (Å²) in [5.41, 5.74) is 0.216. The molecule has 1 fully saturated rings. The molecule has 2 atom stereocenters. The van der Waals surface area contributed by atoms with Crippen molar-refractivity contribution in [3.8, 4) is 0 Å². The topological polar surface area (TPSA) is 64.4 Å². The maximum absolute atomic E-state index is 11.3. The van der Waals surface area contributed by atoms with Gasteiger partial charge in [0.2, 0.25) is 0 Å². The van der Waals surface area contributed by atoms with Gasteiger partial charge < -0.3 is 14.5 Å². The molecular weight excluding hydrogens is 208 g/mol. The van der Waals surface area contributed by atoms with Gasteiger partial charge in [-0.15, -0.1) is 0 Å². The van der Waals surface area contributed by atoms with E-state index in [1.165, 1.54) is 12.7 Å². The maximum atomic E-state index is 11.3. The van der Waals surface area contributed by atoms with Gasteiger partial charge >= 0.3 is 5.97 Å². The Morgan fingerprint density at radius 1 is 1.75 bits per heavy atom. The second kappa shape index (κ2) is 4.55. The van der Waals surface area contributed by atoms with Crippen LogP contribution in [0.4, 0.5) is 6.01 Å². The van der Waals surface area contributed by atoms with Crippen LogP contribution < -0.4 is 5.32 Å². The molecule has 0 aromatic carbocycles. The molecule has 1 heterocycles. The molecule has 0 saturated heterocycles. The Labute approximate surface area is 94.2 Å². The van der Waals surface area contributed by atoms with Gasteiger partial charge in [-0.1, -0.05) is 6.92 Å². The normalized spacial score (nSPS) is 22.9. The summed E-state index contributed by atoms with van der Waals surface area (Å²) in [6, 6.07) is 0.391. The molecule has 0 spiro atoms. The number of oxazole rings is 1. The molecule has 0 amide bonds. The summed E-state index contributed by atoms with van der Waals surface area (Å²) >= 11 is 0. The second-order valence-corrected chi connectivity index (χ2v) is 4.11. The van der Waals surface area contributed by atoms with Crippen LogP contribution in [0.25, 0.3) is 0 Å². The molecule has 2 unspecified atom stereocenters. The minimum absolute atomic E-state index is 0.216. The Morgan fingerprint density at radius 2 is 2.50 bits per heavy atom. The van der Waals surface area contributed by atoms with E-state index in [0.29, 0.717) is 18.5 Å². The lowest BCUT2D eigenvalue weighted by atomic mass is 10.3. The Hall–Kier alpha value is -1.52. The van der Waals surface area contributed by atoms with Crippen molar-refractivity contribution in [2.24, 2.45) is 11.8 Å². The molecule has 2 rings (SSSR count). The van der Waals surface area contributed by atoms with Gasteiger partial charge in [-0.2, -0.15) is 4.98 Å². The van der Waals surface area contributed by atoms with E-state index in [4.69, 9.17) is 9.15 Å². The van der Waals surface area contributed by atoms with E-state index in [0.717, 1.165) is 12.5 Å². The molecule has 5 nitrogen and oxygen atoms in total. The highest BCUT2D eigenvalue weighted by Crippen LogP contribution is 2.37. The zero-order chi connectivity index (χ0) is 11.5. The number of carbonyl (C=O) groups excluding carboxylic acids is 1. The number of hydrogen-bond acceptors (Lipinski definition) is 5. The number of nitrogens with zero attached hydrogens (tertiary/aromatic N) is 1. The number of rotatable bonds is 5. The summed E-state index contributed by atoms with van der Waals surface area (Å²) in [6.45, 7) is 5.16. The van der Waals surface area contributed by atoms with E-state index in [1.54, 1.807) is 6.92 Å². The lowest BCUT2D eigenvalue weighted by Crippen LogP contribution is -2.07. The summed E-state index contributed by atoms with van der Waals surface area (Å²) in [4.78, 5) is 15.3. The van der Waals surface area contributed by atoms with Gasteiger partial charge in [0.05, 0.1) is 6.61 Å². The fourth-order valence-corrected chi connectivity index (χ4v) is 1.56. The number of nitrogens with one attached hydrogen (secondary N) is 1. The molecule has 1 aromatic heterocycles. The summed E-state index contributed by atoms with van der Waals surface area (Å²) in [7, 11) is 0. The first-order chi connectivity index (χ1) is 7.70. The van der Waals surface area contributed by atoms with Crippen LogP contribution in [0.2, 0.25) is 0 Å². The highest BCUT2D eigenvalue weighted by Gasteiger charge is 2.32. The molecule has 0 bridgehead atoms. The third kappa shape index (κ3) is 2.53. The monoisotopic (exact) mass is 224 g/mol. The first-order valence-corrected chi connectivity index (χ1v) is 5.57. The van der Waals surface area contributed by atoms with Crippen molar-refractivity contribution in [1.82, 2.24) is 4.98 Å². The third-order valence-electron chi connectivity index (χ3n) is 2.78. The molecule has 1 aliphatic carbocycles. The largest absolute Gasteiger partial charge is 0.461 e. The average Bonchev–Trinajstić information content (AvgIpc) is 2.80. The zero-order valence-corrected chi connectivity index (χ0v) is 9.53. The fraction of sp³-hybridized carbons (Fsp3) is 0.636. The van der Waals surface area contributed by atoms with Crippen LogP contribution in [0.3, 0.4) is 0 Å². The molecule has 1 saturated carbocycles. The van der Waals surface area contributed by atoms with Crippen molar-refractivity contribution in [1.29, 1.82) is 0 Å². The quantitative estimate of drug-likeness (QED) is 0.774. The van der Waals surface area contributed by atoms with Crippen molar-refractivity contribution < 1.29 is 13.9 Å². The van der Waals surface area contributed by atoms with Gasteiger partial charge in [0.1, 0.15) is 6.26 Å². The van der Waals surface area contributed by atoms with Gasteiger partial charge in [0.15, 0.2) is 5.69 Å². The van der Waals surface area contributed by atoms with E-state index < -0.39 is 5.97 Å². The lowest BCUT2D eigenvalue weighted by Gasteiger charge is -1.98. The lowest BCUT2D eigenvalue weighted by molar-refractivity contribution is 0.0519. The molecule has 88 valence electrons. The maximum Gasteiger partial charge on any atom is 0.360 e.